The summed E-state index contributed by atoms with van der Waals surface area (Å²) in [5.41, 5.74) is 1.03. The molecule has 9 heteroatoms. The Morgan fingerprint density at radius 1 is 1.10 bits per heavy atom. The van der Waals surface area contributed by atoms with Crippen LogP contribution in [0.4, 0.5) is 0 Å². The quantitative estimate of drug-likeness (QED) is 0.551. The summed E-state index contributed by atoms with van der Waals surface area (Å²) in [5, 5.41) is 2.51. The zero-order chi connectivity index (χ0) is 22.1. The lowest BCUT2D eigenvalue weighted by molar-refractivity contribution is -0.148. The van der Waals surface area contributed by atoms with E-state index in [1.807, 2.05) is 30.3 Å². The van der Waals surface area contributed by atoms with E-state index in [1.54, 1.807) is 12.1 Å². The average molecular weight is 480 g/mol. The van der Waals surface area contributed by atoms with E-state index >= 15 is 0 Å². The molecule has 2 rings (SSSR count). The molecule has 0 spiro atoms. The highest BCUT2D eigenvalue weighted by Crippen LogP contribution is 2.35. The molecule has 2 aromatic carbocycles. The Kier molecular flexibility index (Phi) is 8.67. The summed E-state index contributed by atoms with van der Waals surface area (Å²) in [4.78, 5) is 36.0. The Morgan fingerprint density at radius 2 is 1.80 bits per heavy atom. The van der Waals surface area contributed by atoms with Gasteiger partial charge in [-0.15, -0.1) is 0 Å². The fourth-order valence-corrected chi connectivity index (χ4v) is 2.95. The lowest BCUT2D eigenvalue weighted by atomic mass is 10.1. The number of benzene rings is 2. The van der Waals surface area contributed by atoms with Gasteiger partial charge in [0.1, 0.15) is 13.2 Å². The van der Waals surface area contributed by atoms with Crippen LogP contribution < -0.4 is 14.8 Å². The van der Waals surface area contributed by atoms with E-state index in [1.165, 1.54) is 21.1 Å². The SMILES string of the molecule is COC(=O)C(COC(C)=O)NC(=O)c1cc(Br)cc(OC)c1OCc1ccccc1. The van der Waals surface area contributed by atoms with Crippen LogP contribution in [0.3, 0.4) is 0 Å². The Bertz CT molecular complexity index is 902. The number of ether oxygens (including phenoxy) is 4. The maximum absolute atomic E-state index is 13.0. The van der Waals surface area contributed by atoms with Gasteiger partial charge in [-0.3, -0.25) is 9.59 Å². The summed E-state index contributed by atoms with van der Waals surface area (Å²) in [6.45, 7) is 1.04. The monoisotopic (exact) mass is 479 g/mol. The Balaban J connectivity index is 2.30. The van der Waals surface area contributed by atoms with Gasteiger partial charge in [-0.2, -0.15) is 0 Å². The first kappa shape index (κ1) is 23.2. The van der Waals surface area contributed by atoms with Crippen molar-refractivity contribution in [1.82, 2.24) is 5.32 Å². The summed E-state index contributed by atoms with van der Waals surface area (Å²) in [6, 6.07) is 11.4. The molecule has 0 bridgehead atoms. The standard InChI is InChI=1S/C21H22BrNO7/c1-13(24)29-12-17(21(26)28-3)23-20(25)16-9-15(22)10-18(27-2)19(16)30-11-14-7-5-4-6-8-14/h4-10,17H,11-12H2,1-3H3,(H,23,25). The minimum atomic E-state index is -1.18. The number of hydrogen-bond acceptors (Lipinski definition) is 7. The summed E-state index contributed by atoms with van der Waals surface area (Å²) >= 11 is 3.33. The zero-order valence-corrected chi connectivity index (χ0v) is 18.4. The van der Waals surface area contributed by atoms with E-state index in [4.69, 9.17) is 14.2 Å². The molecule has 1 unspecified atom stereocenters. The van der Waals surface area contributed by atoms with Gasteiger partial charge in [-0.25, -0.2) is 4.79 Å². The minimum absolute atomic E-state index is 0.133. The van der Waals surface area contributed by atoms with E-state index in [9.17, 15) is 14.4 Å². The summed E-state index contributed by atoms with van der Waals surface area (Å²) in [6.07, 6.45) is 0. The predicted octanol–water partition coefficient (Wildman–Crippen LogP) is 2.87. The Labute approximate surface area is 182 Å². The van der Waals surface area contributed by atoms with Crippen LogP contribution in [0.5, 0.6) is 11.5 Å². The smallest absolute Gasteiger partial charge is 0.331 e. The van der Waals surface area contributed by atoms with Gasteiger partial charge in [-0.05, 0) is 17.7 Å². The van der Waals surface area contributed by atoms with Gasteiger partial charge >= 0.3 is 11.9 Å². The lowest BCUT2D eigenvalue weighted by Crippen LogP contribution is -2.45. The van der Waals surface area contributed by atoms with Gasteiger partial charge in [-0.1, -0.05) is 46.3 Å². The fraction of sp³-hybridized carbons (Fsp3) is 0.286. The van der Waals surface area contributed by atoms with Crippen molar-refractivity contribution in [2.45, 2.75) is 19.6 Å². The van der Waals surface area contributed by atoms with Gasteiger partial charge in [0.25, 0.3) is 5.91 Å². The highest BCUT2D eigenvalue weighted by atomic mass is 79.9. The number of nitrogens with one attached hydrogen (secondary N) is 1. The van der Waals surface area contributed by atoms with E-state index in [0.717, 1.165) is 5.56 Å². The molecular weight excluding hydrogens is 458 g/mol. The number of carbonyl (C=O) groups excluding carboxylic acids is 3. The molecule has 1 N–H and O–H groups in total. The molecule has 30 heavy (non-hydrogen) atoms. The largest absolute Gasteiger partial charge is 0.493 e. The molecule has 0 aromatic heterocycles. The molecule has 0 fully saturated rings. The number of amides is 1. The van der Waals surface area contributed by atoms with Crippen LogP contribution >= 0.6 is 15.9 Å². The normalized spacial score (nSPS) is 11.2. The number of halogens is 1. The summed E-state index contributed by atoms with van der Waals surface area (Å²) < 4.78 is 21.3. The van der Waals surface area contributed by atoms with Crippen molar-refractivity contribution < 1.29 is 33.3 Å². The first-order valence-corrected chi connectivity index (χ1v) is 9.71. The number of hydrogen-bond donors (Lipinski definition) is 1. The molecule has 1 amide bonds. The van der Waals surface area contributed by atoms with Crippen LogP contribution in [0.2, 0.25) is 0 Å². The molecule has 0 radical (unpaired) electrons. The maximum atomic E-state index is 13.0. The second-order valence-corrected chi connectivity index (χ2v) is 7.03. The molecule has 0 aliphatic carbocycles. The number of esters is 2. The number of carbonyl (C=O) groups is 3. The third kappa shape index (κ3) is 6.48. The second-order valence-electron chi connectivity index (χ2n) is 6.11. The van der Waals surface area contributed by atoms with E-state index in [2.05, 4.69) is 26.0 Å². The van der Waals surface area contributed by atoms with Crippen molar-refractivity contribution in [2.75, 3.05) is 20.8 Å². The van der Waals surface area contributed by atoms with Gasteiger partial charge in [0, 0.05) is 11.4 Å². The molecule has 2 aromatic rings. The molecule has 160 valence electrons. The molecule has 0 aliphatic heterocycles. The highest BCUT2D eigenvalue weighted by Gasteiger charge is 2.26. The van der Waals surface area contributed by atoms with E-state index in [-0.39, 0.29) is 24.5 Å². The van der Waals surface area contributed by atoms with Crippen LogP contribution in [0.25, 0.3) is 0 Å². The third-order valence-electron chi connectivity index (χ3n) is 3.95. The Hall–Kier alpha value is -3.07. The van der Waals surface area contributed by atoms with Crippen LogP contribution in [0, 0.1) is 0 Å². The molecule has 0 saturated heterocycles. The molecule has 8 nitrogen and oxygen atoms in total. The van der Waals surface area contributed by atoms with Gasteiger partial charge < -0.3 is 24.3 Å². The average Bonchev–Trinajstić information content (AvgIpc) is 2.74. The van der Waals surface area contributed by atoms with Crippen molar-refractivity contribution in [3.63, 3.8) is 0 Å². The third-order valence-corrected chi connectivity index (χ3v) is 4.41. The fourth-order valence-electron chi connectivity index (χ4n) is 2.52. The van der Waals surface area contributed by atoms with Crippen molar-refractivity contribution in [1.29, 1.82) is 0 Å². The van der Waals surface area contributed by atoms with Crippen LogP contribution in [0.1, 0.15) is 22.8 Å². The maximum Gasteiger partial charge on any atom is 0.331 e. The van der Waals surface area contributed by atoms with Crippen LogP contribution in [0.15, 0.2) is 46.9 Å². The van der Waals surface area contributed by atoms with Crippen molar-refractivity contribution in [3.8, 4) is 11.5 Å². The van der Waals surface area contributed by atoms with Gasteiger partial charge in [0.2, 0.25) is 0 Å². The van der Waals surface area contributed by atoms with Gasteiger partial charge in [0.05, 0.1) is 19.8 Å². The predicted molar refractivity (Wildman–Crippen MR) is 111 cm³/mol. The lowest BCUT2D eigenvalue weighted by Gasteiger charge is -2.19. The summed E-state index contributed by atoms with van der Waals surface area (Å²) in [7, 11) is 2.63. The molecule has 0 saturated carbocycles. The molecule has 0 heterocycles. The number of rotatable bonds is 9. The van der Waals surface area contributed by atoms with Gasteiger partial charge in [0.15, 0.2) is 17.5 Å². The summed E-state index contributed by atoms with van der Waals surface area (Å²) in [5.74, 6) is -1.43. The number of methoxy groups -OCH3 is 2. The van der Waals surface area contributed by atoms with Crippen LogP contribution in [-0.4, -0.2) is 44.7 Å². The van der Waals surface area contributed by atoms with Crippen molar-refractivity contribution in [3.05, 3.63) is 58.1 Å². The Morgan fingerprint density at radius 3 is 2.40 bits per heavy atom. The molecule has 0 aliphatic rings. The van der Waals surface area contributed by atoms with Crippen molar-refractivity contribution >= 4 is 33.8 Å². The molecule has 1 atom stereocenters. The van der Waals surface area contributed by atoms with E-state index in [0.29, 0.717) is 10.2 Å². The minimum Gasteiger partial charge on any atom is -0.493 e. The first-order chi connectivity index (χ1) is 14.3. The van der Waals surface area contributed by atoms with Crippen molar-refractivity contribution in [2.24, 2.45) is 0 Å². The zero-order valence-electron chi connectivity index (χ0n) is 16.8. The highest BCUT2D eigenvalue weighted by molar-refractivity contribution is 9.10. The van der Waals surface area contributed by atoms with E-state index < -0.39 is 23.9 Å². The van der Waals surface area contributed by atoms with Crippen LogP contribution in [-0.2, 0) is 25.7 Å². The first-order valence-electron chi connectivity index (χ1n) is 8.92. The molecular formula is C21H22BrNO7. The topological polar surface area (TPSA) is 100 Å². The second kappa shape index (κ2) is 11.2.